The monoisotopic (exact) mass is 251 g/mol. The molecule has 90 valence electrons. The first-order valence-corrected chi connectivity index (χ1v) is 5.79. The highest BCUT2D eigenvalue weighted by Crippen LogP contribution is 2.09. The van der Waals surface area contributed by atoms with E-state index < -0.39 is 0 Å². The van der Waals surface area contributed by atoms with Crippen molar-refractivity contribution in [2.75, 3.05) is 18.5 Å². The quantitative estimate of drug-likeness (QED) is 0.814. The van der Waals surface area contributed by atoms with Gasteiger partial charge in [-0.15, -0.1) is 0 Å². The summed E-state index contributed by atoms with van der Waals surface area (Å²) < 4.78 is 1.91. The second kappa shape index (κ2) is 5.63. The van der Waals surface area contributed by atoms with Gasteiger partial charge in [0.05, 0.1) is 17.4 Å². The molecule has 0 saturated carbocycles. The van der Waals surface area contributed by atoms with Gasteiger partial charge in [0.1, 0.15) is 0 Å². The zero-order chi connectivity index (χ0) is 12.1. The fourth-order valence-corrected chi connectivity index (χ4v) is 1.60. The molecule has 0 N–H and O–H groups in total. The van der Waals surface area contributed by atoms with E-state index in [2.05, 4.69) is 15.1 Å². The van der Waals surface area contributed by atoms with Gasteiger partial charge in [0.25, 0.3) is 0 Å². The van der Waals surface area contributed by atoms with Crippen LogP contribution in [-0.2, 0) is 6.54 Å². The smallest absolute Gasteiger partial charge is 0.225 e. The predicted molar refractivity (Wildman–Crippen MR) is 67.2 cm³/mol. The minimum Gasteiger partial charge on any atom is -0.344 e. The molecule has 6 heteroatoms. The van der Waals surface area contributed by atoms with Crippen molar-refractivity contribution in [2.45, 2.75) is 13.0 Å². The number of rotatable bonds is 5. The topological polar surface area (TPSA) is 46.8 Å². The minimum atomic E-state index is 0.554. The van der Waals surface area contributed by atoms with E-state index in [0.29, 0.717) is 11.0 Å². The standard InChI is InChI=1S/C11H14ClN5/c1-16(11-13-8-10(12)9-14-11)5-3-7-17-6-2-4-15-17/h2,4,6,8-9H,3,5,7H2,1H3. The Hall–Kier alpha value is -1.62. The van der Waals surface area contributed by atoms with E-state index in [0.717, 1.165) is 19.5 Å². The van der Waals surface area contributed by atoms with Crippen molar-refractivity contribution in [1.82, 2.24) is 19.7 Å². The van der Waals surface area contributed by atoms with Crippen LogP contribution in [0.5, 0.6) is 0 Å². The number of nitrogens with zero attached hydrogens (tertiary/aromatic N) is 5. The van der Waals surface area contributed by atoms with Gasteiger partial charge in [-0.05, 0) is 12.5 Å². The average Bonchev–Trinajstić information content (AvgIpc) is 2.83. The van der Waals surface area contributed by atoms with Gasteiger partial charge in [0, 0.05) is 32.5 Å². The lowest BCUT2D eigenvalue weighted by Gasteiger charge is -2.16. The van der Waals surface area contributed by atoms with Crippen LogP contribution in [0.25, 0.3) is 0 Å². The Balaban J connectivity index is 1.81. The SMILES string of the molecule is CN(CCCn1cccn1)c1ncc(Cl)cn1. The first kappa shape index (κ1) is 11.9. The number of anilines is 1. The zero-order valence-electron chi connectivity index (χ0n) is 9.62. The second-order valence-corrected chi connectivity index (χ2v) is 4.18. The molecule has 0 bridgehead atoms. The molecule has 2 rings (SSSR count). The van der Waals surface area contributed by atoms with Gasteiger partial charge >= 0.3 is 0 Å². The zero-order valence-corrected chi connectivity index (χ0v) is 10.4. The summed E-state index contributed by atoms with van der Waals surface area (Å²) in [5, 5.41) is 4.70. The molecule has 0 aliphatic heterocycles. The van der Waals surface area contributed by atoms with Crippen molar-refractivity contribution in [1.29, 1.82) is 0 Å². The first-order chi connectivity index (χ1) is 8.25. The summed E-state index contributed by atoms with van der Waals surface area (Å²) in [5.41, 5.74) is 0. The Morgan fingerprint density at radius 3 is 2.76 bits per heavy atom. The van der Waals surface area contributed by atoms with Crippen LogP contribution in [0.15, 0.2) is 30.9 Å². The molecule has 0 amide bonds. The number of aryl methyl sites for hydroxylation is 1. The highest BCUT2D eigenvalue weighted by Gasteiger charge is 2.03. The summed E-state index contributed by atoms with van der Waals surface area (Å²) in [7, 11) is 1.96. The predicted octanol–water partition coefficient (Wildman–Crippen LogP) is 1.85. The van der Waals surface area contributed by atoms with Gasteiger partial charge in [-0.25, -0.2) is 9.97 Å². The normalized spacial score (nSPS) is 10.5. The van der Waals surface area contributed by atoms with E-state index in [-0.39, 0.29) is 0 Å². The molecule has 0 radical (unpaired) electrons. The van der Waals surface area contributed by atoms with Crippen molar-refractivity contribution >= 4 is 17.5 Å². The largest absolute Gasteiger partial charge is 0.344 e. The third-order valence-electron chi connectivity index (χ3n) is 2.39. The molecule has 0 aromatic carbocycles. The van der Waals surface area contributed by atoms with E-state index in [1.807, 2.05) is 28.9 Å². The molecule has 2 aromatic rings. The van der Waals surface area contributed by atoms with E-state index in [4.69, 9.17) is 11.6 Å². The van der Waals surface area contributed by atoms with E-state index in [1.54, 1.807) is 18.6 Å². The number of halogens is 1. The molecular formula is C11H14ClN5. The fraction of sp³-hybridized carbons (Fsp3) is 0.364. The molecule has 17 heavy (non-hydrogen) atoms. The molecule has 2 heterocycles. The Kier molecular flexibility index (Phi) is 3.93. The molecule has 0 atom stereocenters. The van der Waals surface area contributed by atoms with Crippen LogP contribution in [0.3, 0.4) is 0 Å². The summed E-state index contributed by atoms with van der Waals surface area (Å²) in [4.78, 5) is 10.3. The first-order valence-electron chi connectivity index (χ1n) is 5.42. The molecule has 0 aliphatic rings. The molecule has 2 aromatic heterocycles. The van der Waals surface area contributed by atoms with Crippen LogP contribution in [0.1, 0.15) is 6.42 Å². The second-order valence-electron chi connectivity index (χ2n) is 3.75. The lowest BCUT2D eigenvalue weighted by atomic mass is 10.4. The van der Waals surface area contributed by atoms with Gasteiger partial charge in [0.15, 0.2) is 0 Å². The van der Waals surface area contributed by atoms with Gasteiger partial charge < -0.3 is 4.90 Å². The van der Waals surface area contributed by atoms with Crippen molar-refractivity contribution in [3.8, 4) is 0 Å². The highest BCUT2D eigenvalue weighted by molar-refractivity contribution is 6.30. The van der Waals surface area contributed by atoms with Gasteiger partial charge in [-0.1, -0.05) is 11.6 Å². The molecule has 0 spiro atoms. The number of hydrogen-bond acceptors (Lipinski definition) is 4. The minimum absolute atomic E-state index is 0.554. The summed E-state index contributed by atoms with van der Waals surface area (Å²) in [6.45, 7) is 1.77. The molecule has 0 fully saturated rings. The lowest BCUT2D eigenvalue weighted by Crippen LogP contribution is -2.22. The molecular weight excluding hydrogens is 238 g/mol. The van der Waals surface area contributed by atoms with Crippen molar-refractivity contribution in [2.24, 2.45) is 0 Å². The average molecular weight is 252 g/mol. The molecule has 5 nitrogen and oxygen atoms in total. The van der Waals surface area contributed by atoms with Crippen LogP contribution < -0.4 is 4.90 Å². The van der Waals surface area contributed by atoms with Crippen LogP contribution in [0, 0.1) is 0 Å². The molecule has 0 aliphatic carbocycles. The van der Waals surface area contributed by atoms with Gasteiger partial charge in [-0.3, -0.25) is 4.68 Å². The van der Waals surface area contributed by atoms with Crippen molar-refractivity contribution < 1.29 is 0 Å². The summed E-state index contributed by atoms with van der Waals surface area (Å²) in [6, 6.07) is 1.92. The third-order valence-corrected chi connectivity index (χ3v) is 2.58. The maximum Gasteiger partial charge on any atom is 0.225 e. The molecule has 0 unspecified atom stereocenters. The Bertz CT molecular complexity index is 439. The number of aromatic nitrogens is 4. The van der Waals surface area contributed by atoms with E-state index in [1.165, 1.54) is 0 Å². The van der Waals surface area contributed by atoms with Gasteiger partial charge in [0.2, 0.25) is 5.95 Å². The Morgan fingerprint density at radius 2 is 2.12 bits per heavy atom. The number of hydrogen-bond donors (Lipinski definition) is 0. The summed E-state index contributed by atoms with van der Waals surface area (Å²) in [6.07, 6.45) is 7.94. The fourth-order valence-electron chi connectivity index (χ4n) is 1.51. The van der Waals surface area contributed by atoms with Crippen molar-refractivity contribution in [3.05, 3.63) is 35.9 Å². The molecule has 0 saturated heterocycles. The Morgan fingerprint density at radius 1 is 1.35 bits per heavy atom. The van der Waals surface area contributed by atoms with Crippen LogP contribution in [0.2, 0.25) is 5.02 Å². The summed E-state index contributed by atoms with van der Waals surface area (Å²) in [5.74, 6) is 0.690. The summed E-state index contributed by atoms with van der Waals surface area (Å²) >= 11 is 5.73. The van der Waals surface area contributed by atoms with Crippen molar-refractivity contribution in [3.63, 3.8) is 0 Å². The van der Waals surface area contributed by atoms with Crippen LogP contribution in [0.4, 0.5) is 5.95 Å². The third kappa shape index (κ3) is 3.42. The maximum absolute atomic E-state index is 5.73. The van der Waals surface area contributed by atoms with Crippen LogP contribution >= 0.6 is 11.6 Å². The Labute approximate surface area is 105 Å². The lowest BCUT2D eigenvalue weighted by molar-refractivity contribution is 0.576. The maximum atomic E-state index is 5.73. The van der Waals surface area contributed by atoms with E-state index in [9.17, 15) is 0 Å². The van der Waals surface area contributed by atoms with E-state index >= 15 is 0 Å². The van der Waals surface area contributed by atoms with Gasteiger partial charge in [-0.2, -0.15) is 5.10 Å². The van der Waals surface area contributed by atoms with Crippen LogP contribution in [-0.4, -0.2) is 33.3 Å². The highest BCUT2D eigenvalue weighted by atomic mass is 35.5.